The minimum absolute atomic E-state index is 0.0251. The van der Waals surface area contributed by atoms with Crippen molar-refractivity contribution in [2.45, 2.75) is 0 Å². The monoisotopic (exact) mass is 231 g/mol. The van der Waals surface area contributed by atoms with Crippen LogP contribution in [-0.2, 0) is 0 Å². The van der Waals surface area contributed by atoms with Crippen molar-refractivity contribution in [1.82, 2.24) is 0 Å². The molecule has 0 bridgehead atoms. The molecule has 0 aliphatic carbocycles. The first-order valence-electron chi connectivity index (χ1n) is 5.28. The molecule has 0 saturated heterocycles. The molecule has 0 aliphatic rings. The van der Waals surface area contributed by atoms with E-state index in [1.54, 1.807) is 12.1 Å². The molecule has 0 spiro atoms. The number of aliphatic imine (C=N–C) groups is 1. The Balaban J connectivity index is 2.61. The van der Waals surface area contributed by atoms with Gasteiger partial charge in [0, 0.05) is 23.2 Å². The van der Waals surface area contributed by atoms with Crippen molar-refractivity contribution in [2.24, 2.45) is 4.99 Å². The summed E-state index contributed by atoms with van der Waals surface area (Å²) in [6.45, 7) is 0.252. The van der Waals surface area contributed by atoms with Crippen molar-refractivity contribution in [2.75, 3.05) is 13.2 Å². The Morgan fingerprint density at radius 3 is 2.47 bits per heavy atom. The highest BCUT2D eigenvalue weighted by Gasteiger charge is 2.08. The molecule has 0 amide bonds. The van der Waals surface area contributed by atoms with Crippen LogP contribution in [0.15, 0.2) is 35.3 Å². The van der Waals surface area contributed by atoms with Crippen LogP contribution < -0.4 is 0 Å². The van der Waals surface area contributed by atoms with Crippen LogP contribution in [0.4, 0.5) is 0 Å². The Kier molecular flexibility index (Phi) is 3.25. The number of aliphatic hydroxyl groups excluding tert-OH is 1. The quantitative estimate of drug-likeness (QED) is 0.703. The SMILES string of the molecule is OCCN=Cc1c(O)cc(O)c2ccccc12. The lowest BCUT2D eigenvalue weighted by molar-refractivity contribution is 0.307. The average Bonchev–Trinajstić information content (AvgIpc) is 2.33. The summed E-state index contributed by atoms with van der Waals surface area (Å²) in [5.41, 5.74) is 0.548. The zero-order valence-corrected chi connectivity index (χ0v) is 9.17. The zero-order valence-electron chi connectivity index (χ0n) is 9.17. The van der Waals surface area contributed by atoms with Crippen LogP contribution in [0, 0.1) is 0 Å². The molecule has 0 saturated carbocycles. The number of nitrogens with zero attached hydrogens (tertiary/aromatic N) is 1. The number of phenols is 2. The highest BCUT2D eigenvalue weighted by atomic mass is 16.3. The molecule has 0 aromatic heterocycles. The first kappa shape index (κ1) is 11.4. The molecular weight excluding hydrogens is 218 g/mol. The normalized spacial score (nSPS) is 11.4. The van der Waals surface area contributed by atoms with Crippen molar-refractivity contribution in [3.05, 3.63) is 35.9 Å². The molecule has 2 aromatic carbocycles. The fourth-order valence-electron chi connectivity index (χ4n) is 1.71. The Bertz CT molecular complexity index is 564. The summed E-state index contributed by atoms with van der Waals surface area (Å²) in [5.74, 6) is 0.0142. The second kappa shape index (κ2) is 4.84. The van der Waals surface area contributed by atoms with Gasteiger partial charge in [-0.2, -0.15) is 0 Å². The molecule has 0 radical (unpaired) electrons. The van der Waals surface area contributed by atoms with Crippen molar-refractivity contribution >= 4 is 17.0 Å². The molecule has 0 atom stereocenters. The number of fused-ring (bicyclic) bond motifs is 1. The van der Waals surface area contributed by atoms with Crippen LogP contribution in [0.3, 0.4) is 0 Å². The van der Waals surface area contributed by atoms with E-state index >= 15 is 0 Å². The van der Waals surface area contributed by atoms with E-state index in [0.717, 1.165) is 5.39 Å². The first-order valence-corrected chi connectivity index (χ1v) is 5.28. The summed E-state index contributed by atoms with van der Waals surface area (Å²) >= 11 is 0. The van der Waals surface area contributed by atoms with Crippen molar-refractivity contribution in [1.29, 1.82) is 0 Å². The number of hydrogen-bond acceptors (Lipinski definition) is 4. The molecule has 17 heavy (non-hydrogen) atoms. The highest BCUT2D eigenvalue weighted by Crippen LogP contribution is 2.33. The van der Waals surface area contributed by atoms with E-state index in [4.69, 9.17) is 5.11 Å². The zero-order chi connectivity index (χ0) is 12.3. The number of benzene rings is 2. The molecule has 88 valence electrons. The van der Waals surface area contributed by atoms with E-state index in [2.05, 4.69) is 4.99 Å². The molecule has 0 heterocycles. The minimum Gasteiger partial charge on any atom is -0.507 e. The number of hydrogen-bond donors (Lipinski definition) is 3. The minimum atomic E-state index is -0.0344. The fraction of sp³-hybridized carbons (Fsp3) is 0.154. The van der Waals surface area contributed by atoms with E-state index in [1.807, 2.05) is 12.1 Å². The van der Waals surface area contributed by atoms with Gasteiger partial charge in [0.05, 0.1) is 13.2 Å². The lowest BCUT2D eigenvalue weighted by Gasteiger charge is -2.06. The second-order valence-electron chi connectivity index (χ2n) is 3.63. The Morgan fingerprint density at radius 1 is 1.06 bits per heavy atom. The lowest BCUT2D eigenvalue weighted by atomic mass is 10.0. The van der Waals surface area contributed by atoms with Crippen molar-refractivity contribution in [3.63, 3.8) is 0 Å². The van der Waals surface area contributed by atoms with Crippen molar-refractivity contribution < 1.29 is 15.3 Å². The molecule has 2 rings (SSSR count). The molecule has 4 nitrogen and oxygen atoms in total. The number of aliphatic hydroxyl groups is 1. The largest absolute Gasteiger partial charge is 0.507 e. The summed E-state index contributed by atoms with van der Waals surface area (Å²) < 4.78 is 0. The maximum atomic E-state index is 9.77. The summed E-state index contributed by atoms with van der Waals surface area (Å²) in [5, 5.41) is 29.5. The topological polar surface area (TPSA) is 73.1 Å². The standard InChI is InChI=1S/C13H13NO3/c15-6-5-14-8-11-9-3-1-2-4-10(9)12(16)7-13(11)17/h1-4,7-8,15-17H,5-6H2. The Labute approximate surface area is 98.5 Å². The number of phenolic OH excluding ortho intramolecular Hbond substituents is 2. The van der Waals surface area contributed by atoms with Gasteiger partial charge in [-0.25, -0.2) is 0 Å². The maximum Gasteiger partial charge on any atom is 0.128 e. The van der Waals surface area contributed by atoms with E-state index < -0.39 is 0 Å². The molecule has 0 fully saturated rings. The van der Waals surface area contributed by atoms with Gasteiger partial charge in [-0.05, 0) is 5.39 Å². The molecule has 4 heteroatoms. The van der Waals surface area contributed by atoms with Crippen LogP contribution in [0.25, 0.3) is 10.8 Å². The van der Waals surface area contributed by atoms with Gasteiger partial charge in [-0.1, -0.05) is 24.3 Å². The van der Waals surface area contributed by atoms with Gasteiger partial charge in [-0.3, -0.25) is 4.99 Å². The molecular formula is C13H13NO3. The van der Waals surface area contributed by atoms with E-state index in [1.165, 1.54) is 12.3 Å². The van der Waals surface area contributed by atoms with Gasteiger partial charge >= 0.3 is 0 Å². The third-order valence-electron chi connectivity index (χ3n) is 2.49. The Hall–Kier alpha value is -2.07. The third kappa shape index (κ3) is 2.21. The summed E-state index contributed by atoms with van der Waals surface area (Å²) in [6.07, 6.45) is 1.51. The van der Waals surface area contributed by atoms with Crippen LogP contribution in [-0.4, -0.2) is 34.7 Å². The fourth-order valence-corrected chi connectivity index (χ4v) is 1.71. The van der Waals surface area contributed by atoms with Gasteiger partial charge in [-0.15, -0.1) is 0 Å². The van der Waals surface area contributed by atoms with E-state index in [-0.39, 0.29) is 24.7 Å². The smallest absolute Gasteiger partial charge is 0.128 e. The van der Waals surface area contributed by atoms with E-state index in [0.29, 0.717) is 10.9 Å². The Morgan fingerprint density at radius 2 is 1.76 bits per heavy atom. The predicted molar refractivity (Wildman–Crippen MR) is 66.8 cm³/mol. The second-order valence-corrected chi connectivity index (χ2v) is 3.63. The van der Waals surface area contributed by atoms with Gasteiger partial charge in [0.25, 0.3) is 0 Å². The number of aromatic hydroxyl groups is 2. The first-order chi connectivity index (χ1) is 8.24. The van der Waals surface area contributed by atoms with Gasteiger partial charge in [0.2, 0.25) is 0 Å². The maximum absolute atomic E-state index is 9.77. The molecule has 2 aromatic rings. The summed E-state index contributed by atoms with van der Waals surface area (Å²) in [6, 6.07) is 8.50. The van der Waals surface area contributed by atoms with E-state index in [9.17, 15) is 10.2 Å². The number of rotatable bonds is 3. The van der Waals surface area contributed by atoms with Crippen molar-refractivity contribution in [3.8, 4) is 11.5 Å². The molecule has 0 aliphatic heterocycles. The molecule has 0 unspecified atom stereocenters. The van der Waals surface area contributed by atoms with Crippen LogP contribution in [0.1, 0.15) is 5.56 Å². The molecule has 3 N–H and O–H groups in total. The van der Waals surface area contributed by atoms with Gasteiger partial charge < -0.3 is 15.3 Å². The third-order valence-corrected chi connectivity index (χ3v) is 2.49. The van der Waals surface area contributed by atoms with Crippen LogP contribution in [0.2, 0.25) is 0 Å². The van der Waals surface area contributed by atoms with Gasteiger partial charge in [0.1, 0.15) is 11.5 Å². The summed E-state index contributed by atoms with van der Waals surface area (Å²) in [7, 11) is 0. The lowest BCUT2D eigenvalue weighted by Crippen LogP contribution is -1.91. The average molecular weight is 231 g/mol. The van der Waals surface area contributed by atoms with Gasteiger partial charge in [0.15, 0.2) is 0 Å². The van der Waals surface area contributed by atoms with Crippen LogP contribution >= 0.6 is 0 Å². The predicted octanol–water partition coefficient (Wildman–Crippen LogP) is 1.66. The summed E-state index contributed by atoms with van der Waals surface area (Å²) in [4.78, 5) is 3.98. The van der Waals surface area contributed by atoms with Crippen LogP contribution in [0.5, 0.6) is 11.5 Å². The highest BCUT2D eigenvalue weighted by molar-refractivity contribution is 6.04.